The first-order valence-corrected chi connectivity index (χ1v) is 5.69. The molecule has 2 rings (SSSR count). The third-order valence-corrected chi connectivity index (χ3v) is 2.76. The first kappa shape index (κ1) is 11.0. The molecule has 2 atom stereocenters. The fourth-order valence-electron chi connectivity index (χ4n) is 2.09. The van der Waals surface area contributed by atoms with Crippen LogP contribution in [-0.4, -0.2) is 12.1 Å². The lowest BCUT2D eigenvalue weighted by molar-refractivity contribution is 0.129. The van der Waals surface area contributed by atoms with E-state index in [0.29, 0.717) is 5.92 Å². The predicted octanol–water partition coefficient (Wildman–Crippen LogP) is 2.88. The van der Waals surface area contributed by atoms with Crippen LogP contribution in [0.3, 0.4) is 0 Å². The lowest BCUT2D eigenvalue weighted by Gasteiger charge is -2.18. The maximum Gasteiger partial charge on any atom is 0.408 e. The van der Waals surface area contributed by atoms with Crippen molar-refractivity contribution in [2.24, 2.45) is 5.92 Å². The van der Waals surface area contributed by atoms with E-state index in [1.54, 1.807) is 0 Å². The van der Waals surface area contributed by atoms with E-state index < -0.39 is 0 Å². The molecule has 0 aliphatic carbocycles. The molecular formula is C13H17NO2. The number of nitrogens with one attached hydrogen (secondary N) is 1. The fraction of sp³-hybridized carbons (Fsp3) is 0.462. The number of hydrogen-bond acceptors (Lipinski definition) is 2. The zero-order valence-corrected chi connectivity index (χ0v) is 9.64. The first-order chi connectivity index (χ1) is 7.66. The van der Waals surface area contributed by atoms with Crippen LogP contribution in [-0.2, 0) is 4.74 Å². The van der Waals surface area contributed by atoms with Gasteiger partial charge in [-0.2, -0.15) is 0 Å². The van der Waals surface area contributed by atoms with E-state index in [4.69, 9.17) is 4.74 Å². The van der Waals surface area contributed by atoms with Crippen LogP contribution in [0.15, 0.2) is 30.3 Å². The number of benzene rings is 1. The lowest BCUT2D eigenvalue weighted by Crippen LogP contribution is -2.29. The summed E-state index contributed by atoms with van der Waals surface area (Å²) in [5.74, 6) is 0.540. The molecule has 0 aromatic heterocycles. The molecule has 0 bridgehead atoms. The van der Waals surface area contributed by atoms with Gasteiger partial charge in [-0.15, -0.1) is 0 Å². The van der Waals surface area contributed by atoms with Crippen LogP contribution in [0.1, 0.15) is 31.9 Å². The van der Waals surface area contributed by atoms with Gasteiger partial charge in [0.15, 0.2) is 0 Å². The van der Waals surface area contributed by atoms with Gasteiger partial charge in [-0.1, -0.05) is 44.2 Å². The maximum absolute atomic E-state index is 11.3. The van der Waals surface area contributed by atoms with Gasteiger partial charge < -0.3 is 10.1 Å². The highest BCUT2D eigenvalue weighted by Crippen LogP contribution is 2.29. The number of cyclic esters (lactones) is 1. The van der Waals surface area contributed by atoms with E-state index in [0.717, 1.165) is 12.0 Å². The van der Waals surface area contributed by atoms with Gasteiger partial charge in [-0.25, -0.2) is 4.79 Å². The molecule has 1 aromatic rings. The molecule has 1 saturated heterocycles. The topological polar surface area (TPSA) is 38.3 Å². The van der Waals surface area contributed by atoms with Crippen molar-refractivity contribution in [3.8, 4) is 0 Å². The second-order valence-electron chi connectivity index (χ2n) is 4.62. The van der Waals surface area contributed by atoms with Crippen molar-refractivity contribution in [2.75, 3.05) is 0 Å². The van der Waals surface area contributed by atoms with E-state index >= 15 is 0 Å². The van der Waals surface area contributed by atoms with Crippen LogP contribution in [0.25, 0.3) is 0 Å². The summed E-state index contributed by atoms with van der Waals surface area (Å²) in [4.78, 5) is 11.3. The third kappa shape index (κ3) is 2.35. The van der Waals surface area contributed by atoms with Crippen molar-refractivity contribution in [1.29, 1.82) is 0 Å². The molecule has 16 heavy (non-hydrogen) atoms. The van der Waals surface area contributed by atoms with E-state index in [9.17, 15) is 4.79 Å². The summed E-state index contributed by atoms with van der Waals surface area (Å²) in [6.07, 6.45) is 0.487. The summed E-state index contributed by atoms with van der Waals surface area (Å²) in [5.41, 5.74) is 1.06. The highest BCUT2D eigenvalue weighted by Gasteiger charge is 2.35. The van der Waals surface area contributed by atoms with E-state index in [1.807, 2.05) is 30.3 Å². The Balaban J connectivity index is 2.16. The average molecular weight is 219 g/mol. The summed E-state index contributed by atoms with van der Waals surface area (Å²) in [7, 11) is 0. The van der Waals surface area contributed by atoms with Gasteiger partial charge in [0.05, 0.1) is 6.04 Å². The molecule has 3 heteroatoms. The molecule has 0 radical (unpaired) electrons. The van der Waals surface area contributed by atoms with E-state index in [1.165, 1.54) is 0 Å². The van der Waals surface area contributed by atoms with Crippen LogP contribution in [0.2, 0.25) is 0 Å². The molecule has 3 nitrogen and oxygen atoms in total. The second kappa shape index (κ2) is 4.56. The van der Waals surface area contributed by atoms with Gasteiger partial charge >= 0.3 is 6.09 Å². The van der Waals surface area contributed by atoms with Crippen molar-refractivity contribution >= 4 is 6.09 Å². The van der Waals surface area contributed by atoms with Crippen molar-refractivity contribution < 1.29 is 9.53 Å². The van der Waals surface area contributed by atoms with Crippen LogP contribution < -0.4 is 5.32 Å². The van der Waals surface area contributed by atoms with Gasteiger partial charge in [0, 0.05) is 0 Å². The summed E-state index contributed by atoms with van der Waals surface area (Å²) in [6.45, 7) is 4.29. The number of carbonyl (C=O) groups excluding carboxylic acids is 1. The minimum atomic E-state index is -0.306. The smallest absolute Gasteiger partial charge is 0.408 e. The highest BCUT2D eigenvalue weighted by molar-refractivity contribution is 5.70. The summed E-state index contributed by atoms with van der Waals surface area (Å²) >= 11 is 0. The van der Waals surface area contributed by atoms with Crippen molar-refractivity contribution in [1.82, 2.24) is 5.32 Å². The average Bonchev–Trinajstić information content (AvgIpc) is 2.60. The number of alkyl carbamates (subject to hydrolysis) is 1. The van der Waals surface area contributed by atoms with Gasteiger partial charge in [0.2, 0.25) is 0 Å². The Morgan fingerprint density at radius 1 is 1.31 bits per heavy atom. The Labute approximate surface area is 95.8 Å². The number of hydrogen-bond donors (Lipinski definition) is 1. The number of amides is 1. The van der Waals surface area contributed by atoms with Crippen molar-refractivity contribution in [2.45, 2.75) is 32.4 Å². The molecule has 1 aromatic carbocycles. The normalized spacial score (nSPS) is 24.3. The third-order valence-electron chi connectivity index (χ3n) is 2.76. The SMILES string of the molecule is CC(C)C[C@H]1NC(=O)O[C@@H]1c1ccccc1. The first-order valence-electron chi connectivity index (χ1n) is 5.69. The molecule has 0 spiro atoms. The Morgan fingerprint density at radius 2 is 2.00 bits per heavy atom. The highest BCUT2D eigenvalue weighted by atomic mass is 16.6. The van der Waals surface area contributed by atoms with Crippen LogP contribution in [0, 0.1) is 5.92 Å². The Kier molecular flexibility index (Phi) is 3.13. The largest absolute Gasteiger partial charge is 0.439 e. The van der Waals surface area contributed by atoms with Crippen molar-refractivity contribution in [3.05, 3.63) is 35.9 Å². The Hall–Kier alpha value is -1.51. The quantitative estimate of drug-likeness (QED) is 0.848. The summed E-state index contributed by atoms with van der Waals surface area (Å²) in [6, 6.07) is 9.98. The number of ether oxygens (including phenoxy) is 1. The van der Waals surface area contributed by atoms with Crippen molar-refractivity contribution in [3.63, 3.8) is 0 Å². The zero-order valence-electron chi connectivity index (χ0n) is 9.64. The molecule has 1 aliphatic rings. The van der Waals surface area contributed by atoms with E-state index in [2.05, 4.69) is 19.2 Å². The Morgan fingerprint density at radius 3 is 2.62 bits per heavy atom. The summed E-state index contributed by atoms with van der Waals surface area (Å²) < 4.78 is 5.31. The molecule has 1 heterocycles. The van der Waals surface area contributed by atoms with Gasteiger partial charge in [-0.3, -0.25) is 0 Å². The fourth-order valence-corrected chi connectivity index (χ4v) is 2.09. The standard InChI is InChI=1S/C13H17NO2/c1-9(2)8-11-12(16-13(15)14-11)10-6-4-3-5-7-10/h3-7,9,11-12H,8H2,1-2H3,(H,14,15)/t11-,12-/m1/s1. The van der Waals surface area contributed by atoms with E-state index in [-0.39, 0.29) is 18.2 Å². The number of rotatable bonds is 3. The monoisotopic (exact) mass is 219 g/mol. The molecule has 0 unspecified atom stereocenters. The molecular weight excluding hydrogens is 202 g/mol. The second-order valence-corrected chi connectivity index (χ2v) is 4.62. The van der Waals surface area contributed by atoms with Crippen LogP contribution >= 0.6 is 0 Å². The minimum Gasteiger partial charge on any atom is -0.439 e. The molecule has 86 valence electrons. The van der Waals surface area contributed by atoms with Gasteiger partial charge in [-0.05, 0) is 17.9 Å². The zero-order chi connectivity index (χ0) is 11.5. The van der Waals surface area contributed by atoms with Gasteiger partial charge in [0.1, 0.15) is 6.10 Å². The van der Waals surface area contributed by atoms with Crippen LogP contribution in [0.4, 0.5) is 4.79 Å². The molecule has 1 fully saturated rings. The molecule has 0 saturated carbocycles. The molecule has 1 amide bonds. The number of carbonyl (C=O) groups is 1. The maximum atomic E-state index is 11.3. The molecule has 1 aliphatic heterocycles. The lowest BCUT2D eigenvalue weighted by atomic mass is 9.95. The minimum absolute atomic E-state index is 0.0925. The molecule has 1 N–H and O–H groups in total. The Bertz CT molecular complexity index is 361. The van der Waals surface area contributed by atoms with Crippen LogP contribution in [0.5, 0.6) is 0 Å². The predicted molar refractivity (Wildman–Crippen MR) is 62.0 cm³/mol. The summed E-state index contributed by atoms with van der Waals surface area (Å²) in [5, 5.41) is 2.87. The van der Waals surface area contributed by atoms with Gasteiger partial charge in [0.25, 0.3) is 0 Å².